The molecule has 8 nitrogen and oxygen atoms in total. The van der Waals surface area contributed by atoms with Crippen LogP contribution in [0.3, 0.4) is 0 Å². The van der Waals surface area contributed by atoms with E-state index in [9.17, 15) is 10.2 Å². The van der Waals surface area contributed by atoms with E-state index < -0.39 is 22.5 Å². The van der Waals surface area contributed by atoms with Gasteiger partial charge in [-0.3, -0.25) is 8.42 Å². The van der Waals surface area contributed by atoms with Gasteiger partial charge in [0.2, 0.25) is 0 Å². The Morgan fingerprint density at radius 3 is 1.67 bits per heavy atom. The zero-order valence-corrected chi connectivity index (χ0v) is 18.4. The van der Waals surface area contributed by atoms with Crippen molar-refractivity contribution in [1.29, 1.82) is 0 Å². The van der Waals surface area contributed by atoms with Crippen LogP contribution in [0.1, 0.15) is 23.2 Å². The third kappa shape index (κ3) is 8.51. The molecule has 0 fully saturated rings. The van der Waals surface area contributed by atoms with Crippen LogP contribution in [-0.4, -0.2) is 27.7 Å². The van der Waals surface area contributed by atoms with E-state index >= 15 is 0 Å². The molecule has 0 saturated heterocycles. The zero-order valence-electron chi connectivity index (χ0n) is 13.1. The molecule has 0 amide bonds. The van der Waals surface area contributed by atoms with Gasteiger partial charge in [-0.2, -0.15) is 0 Å². The van der Waals surface area contributed by atoms with E-state index in [2.05, 4.69) is 0 Å². The minimum atomic E-state index is -5.17. The fourth-order valence-corrected chi connectivity index (χ4v) is 3.08. The van der Waals surface area contributed by atoms with E-state index in [4.69, 9.17) is 63.8 Å². The van der Waals surface area contributed by atoms with Crippen LogP contribution in [0.5, 0.6) is 11.5 Å². The van der Waals surface area contributed by atoms with E-state index in [0.717, 1.165) is 0 Å². The number of phenolic OH excluding ortho intramolecular Hbond substituents is 2. The van der Waals surface area contributed by atoms with E-state index in [0.29, 0.717) is 16.1 Å². The second-order valence-electron chi connectivity index (χ2n) is 4.99. The Labute approximate surface area is 184 Å². The predicted octanol–water partition coefficient (Wildman–Crippen LogP) is 2.42. The molecule has 0 aliphatic rings. The van der Waals surface area contributed by atoms with E-state index in [1.54, 1.807) is 6.07 Å². The van der Waals surface area contributed by atoms with Crippen LogP contribution in [0.4, 0.5) is 0 Å². The summed E-state index contributed by atoms with van der Waals surface area (Å²) in [5, 5.41) is 19.5. The molecule has 2 atom stereocenters. The van der Waals surface area contributed by atoms with Gasteiger partial charge in [0.15, 0.2) is 0 Å². The Balaban J connectivity index is 0.00000100. The quantitative estimate of drug-likeness (QED) is 0.293. The van der Waals surface area contributed by atoms with Crippen molar-refractivity contribution >= 4 is 45.2 Å². The van der Waals surface area contributed by atoms with Crippen LogP contribution >= 0.6 is 34.8 Å². The van der Waals surface area contributed by atoms with Gasteiger partial charge in [0.25, 0.3) is 0 Å². The van der Waals surface area contributed by atoms with Crippen LogP contribution in [0.25, 0.3) is 0 Å². The van der Waals surface area contributed by atoms with E-state index in [-0.39, 0.29) is 42.6 Å². The summed E-state index contributed by atoms with van der Waals surface area (Å²) in [6, 6.07) is 5.70. The molecule has 0 spiro atoms. The van der Waals surface area contributed by atoms with E-state index in [1.165, 1.54) is 24.3 Å². The summed E-state index contributed by atoms with van der Waals surface area (Å²) in [4.78, 5) is 0. The molecule has 2 aromatic carbocycles. The summed E-state index contributed by atoms with van der Waals surface area (Å²) < 4.78 is 34.1. The number of benzene rings is 2. The normalized spacial score (nSPS) is 13.0. The monoisotopic (exact) mass is 637 g/mol. The summed E-state index contributed by atoms with van der Waals surface area (Å²) in [7, 11) is -5.17. The average molecular weight is 639 g/mol. The molecule has 2 unspecified atom stereocenters. The second-order valence-corrected chi connectivity index (χ2v) is 7.03. The predicted molar refractivity (Wildman–Crippen MR) is 95.6 cm³/mol. The Kier molecular flexibility index (Phi) is 10.6. The number of nitrogens with two attached hydrogens (primary N) is 2. The Bertz CT molecular complexity index is 869. The van der Waals surface area contributed by atoms with Crippen molar-refractivity contribution in [3.63, 3.8) is 0 Å². The van der Waals surface area contributed by atoms with Gasteiger partial charge >= 0.3 is 21.1 Å². The minimum absolute atomic E-state index is 0. The maximum absolute atomic E-state index is 9.44. The van der Waals surface area contributed by atoms with Gasteiger partial charge < -0.3 is 30.8 Å². The first kappa shape index (κ1) is 26.4. The summed E-state index contributed by atoms with van der Waals surface area (Å²) in [5.41, 5.74) is 13.2. The molecule has 152 valence electrons. The van der Waals surface area contributed by atoms with Crippen LogP contribution in [0.2, 0.25) is 15.1 Å². The summed E-state index contributed by atoms with van der Waals surface area (Å²) in [6.45, 7) is 0. The van der Waals surface area contributed by atoms with Gasteiger partial charge in [-0.25, -0.2) is 0 Å². The van der Waals surface area contributed by atoms with Gasteiger partial charge in [0, 0.05) is 21.0 Å². The molecule has 2 aromatic rings. The first-order valence-corrected chi connectivity index (χ1v) is 9.12. The number of aromatic hydroxyl groups is 2. The van der Waals surface area contributed by atoms with Crippen LogP contribution < -0.4 is 11.5 Å². The van der Waals surface area contributed by atoms with Crippen molar-refractivity contribution in [2.45, 2.75) is 12.1 Å². The number of hydrogen-bond donors (Lipinski definition) is 4. The third-order valence-corrected chi connectivity index (χ3v) is 4.08. The molecule has 0 aromatic heterocycles. The van der Waals surface area contributed by atoms with Gasteiger partial charge in [0.05, 0.1) is 22.1 Å². The zero-order chi connectivity index (χ0) is 20.2. The van der Waals surface area contributed by atoms with Gasteiger partial charge in [-0.05, 0) is 29.8 Å². The largest absolute Gasteiger partial charge is 2.00 e. The fourth-order valence-electron chi connectivity index (χ4n) is 2.05. The number of phenols is 2. The minimum Gasteiger partial charge on any atom is -0.759 e. The Morgan fingerprint density at radius 2 is 1.26 bits per heavy atom. The molecule has 13 heteroatoms. The molecule has 0 aliphatic heterocycles. The third-order valence-electron chi connectivity index (χ3n) is 3.13. The Hall–Kier alpha value is -0.612. The first-order valence-electron chi connectivity index (χ1n) is 6.65. The van der Waals surface area contributed by atoms with Crippen molar-refractivity contribution < 1.29 is 48.8 Å². The van der Waals surface area contributed by atoms with Gasteiger partial charge in [0.1, 0.15) is 11.5 Å². The summed E-state index contributed by atoms with van der Waals surface area (Å²) in [5.74, 6) is -0.0255. The van der Waals surface area contributed by atoms with Gasteiger partial charge in [-0.1, -0.05) is 40.9 Å². The SMILES string of the molecule is NC(c1ccc(O)cc1Cl)C(N)c1c(Cl)cc(O)cc1Cl.O=S(=O)([O-])[O-].[Pt+2]. The van der Waals surface area contributed by atoms with Crippen molar-refractivity contribution in [2.75, 3.05) is 0 Å². The molecule has 0 heterocycles. The maximum atomic E-state index is 9.44. The van der Waals surface area contributed by atoms with Crippen LogP contribution in [-0.2, 0) is 31.5 Å². The molecule has 0 saturated carbocycles. The Morgan fingerprint density at radius 1 is 0.852 bits per heavy atom. The molecule has 27 heavy (non-hydrogen) atoms. The molecule has 0 bridgehead atoms. The number of rotatable bonds is 3. The van der Waals surface area contributed by atoms with Crippen molar-refractivity contribution in [1.82, 2.24) is 0 Å². The second kappa shape index (κ2) is 10.8. The van der Waals surface area contributed by atoms with Crippen LogP contribution in [0, 0.1) is 0 Å². The molecular formula is C14H13Cl3N2O6PtS. The molecule has 2 rings (SSSR count). The fraction of sp³-hybridized carbons (Fsp3) is 0.143. The van der Waals surface area contributed by atoms with Crippen LogP contribution in [0.15, 0.2) is 30.3 Å². The first-order chi connectivity index (χ1) is 11.8. The average Bonchev–Trinajstić information content (AvgIpc) is 2.43. The standard InChI is InChI=1S/C14H13Cl3N2O2.H2O4S.Pt/c15-9-3-6(20)1-2-8(9)13(18)14(19)12-10(16)4-7(21)5-11(12)17;1-5(2,3)4;/h1-5,13-14,20-21H,18-19H2;(H2,1,2,3,4);/q;;+2/p-2. The smallest absolute Gasteiger partial charge is 0.759 e. The molecule has 0 radical (unpaired) electrons. The van der Waals surface area contributed by atoms with Crippen molar-refractivity contribution in [3.05, 3.63) is 56.5 Å². The molecule has 0 aliphatic carbocycles. The topological polar surface area (TPSA) is 173 Å². The van der Waals surface area contributed by atoms with Crippen molar-refractivity contribution in [2.24, 2.45) is 11.5 Å². The summed E-state index contributed by atoms with van der Waals surface area (Å²) in [6.07, 6.45) is 0. The van der Waals surface area contributed by atoms with E-state index in [1.807, 2.05) is 0 Å². The molecule has 6 N–H and O–H groups in total. The maximum Gasteiger partial charge on any atom is 2.00 e. The number of hydrogen-bond acceptors (Lipinski definition) is 8. The summed E-state index contributed by atoms with van der Waals surface area (Å²) >= 11 is 18.2. The van der Waals surface area contributed by atoms with Crippen molar-refractivity contribution in [3.8, 4) is 11.5 Å². The van der Waals surface area contributed by atoms with Gasteiger partial charge in [-0.15, -0.1) is 0 Å². The number of halogens is 3. The molecular weight excluding hydrogens is 626 g/mol.